The zero-order chi connectivity index (χ0) is 21.6. The number of nitrogens with zero attached hydrogens (tertiary/aromatic N) is 4. The summed E-state index contributed by atoms with van der Waals surface area (Å²) in [5.41, 5.74) is 2.44. The molecule has 1 aliphatic heterocycles. The first-order chi connectivity index (χ1) is 15.1. The number of guanidine groups is 1. The van der Waals surface area contributed by atoms with Gasteiger partial charge in [-0.2, -0.15) is 0 Å². The molecular weight excluding hydrogens is 397 g/mol. The van der Waals surface area contributed by atoms with E-state index in [2.05, 4.69) is 25.1 Å². The van der Waals surface area contributed by atoms with Gasteiger partial charge in [0.1, 0.15) is 17.8 Å². The first-order valence-corrected chi connectivity index (χ1v) is 10.3. The Labute approximate surface area is 180 Å². The number of para-hydroxylation sites is 2. The smallest absolute Gasteiger partial charge is 0.226 e. The molecule has 1 aliphatic rings. The van der Waals surface area contributed by atoms with Crippen LogP contribution in [0, 0.1) is 5.82 Å². The van der Waals surface area contributed by atoms with Crippen LogP contribution in [0.25, 0.3) is 11.5 Å². The number of oxazole rings is 1. The number of nitrogens with one attached hydrogen (secondary N) is 1. The fourth-order valence-electron chi connectivity index (χ4n) is 3.67. The average Bonchev–Trinajstić information content (AvgIpc) is 3.27. The summed E-state index contributed by atoms with van der Waals surface area (Å²) in [7, 11) is 1.78. The normalized spacial score (nSPS) is 14.7. The molecule has 8 heteroatoms. The van der Waals surface area contributed by atoms with E-state index in [0.29, 0.717) is 24.6 Å². The molecule has 0 bridgehead atoms. The lowest BCUT2D eigenvalue weighted by atomic mass is 10.2. The first-order valence-electron chi connectivity index (χ1n) is 10.3. The fraction of sp³-hybridized carbons (Fsp3) is 0.304. The molecule has 7 nitrogen and oxygen atoms in total. The Morgan fingerprint density at radius 1 is 1.13 bits per heavy atom. The standard InChI is InChI=1S/C23H26FN5O2/c1-25-23(29-14-12-28(13-15-29)20-4-2-3-5-21(20)30)26-11-10-19-16-31-22(27-19)17-6-8-18(24)9-7-17/h2-9,16,30H,10-15H2,1H3,(H,25,26). The van der Waals surface area contributed by atoms with E-state index in [0.717, 1.165) is 49.1 Å². The number of phenols is 1. The second-order valence-electron chi connectivity index (χ2n) is 7.34. The minimum atomic E-state index is -0.285. The molecule has 1 fully saturated rings. The van der Waals surface area contributed by atoms with Gasteiger partial charge < -0.3 is 24.6 Å². The van der Waals surface area contributed by atoms with Gasteiger partial charge in [-0.3, -0.25) is 4.99 Å². The zero-order valence-electron chi connectivity index (χ0n) is 17.5. The highest BCUT2D eigenvalue weighted by Crippen LogP contribution is 2.27. The summed E-state index contributed by atoms with van der Waals surface area (Å²) in [4.78, 5) is 13.3. The lowest BCUT2D eigenvalue weighted by molar-refractivity contribution is 0.370. The van der Waals surface area contributed by atoms with E-state index in [1.807, 2.05) is 18.2 Å². The lowest BCUT2D eigenvalue weighted by Gasteiger charge is -2.37. The number of aliphatic imine (C=N–C) groups is 1. The van der Waals surface area contributed by atoms with Gasteiger partial charge in [-0.25, -0.2) is 9.37 Å². The van der Waals surface area contributed by atoms with Gasteiger partial charge in [-0.15, -0.1) is 0 Å². The molecule has 2 heterocycles. The first kappa shape index (κ1) is 20.7. The Bertz CT molecular complexity index is 1030. The number of piperazine rings is 1. The number of aromatic nitrogens is 1. The van der Waals surface area contributed by atoms with E-state index < -0.39 is 0 Å². The third-order valence-electron chi connectivity index (χ3n) is 5.32. The van der Waals surface area contributed by atoms with Crippen molar-refractivity contribution in [1.29, 1.82) is 0 Å². The van der Waals surface area contributed by atoms with E-state index in [9.17, 15) is 9.50 Å². The molecule has 3 aromatic rings. The van der Waals surface area contributed by atoms with Crippen LogP contribution in [0.1, 0.15) is 5.69 Å². The van der Waals surface area contributed by atoms with Gasteiger partial charge in [-0.1, -0.05) is 12.1 Å². The van der Waals surface area contributed by atoms with Gasteiger partial charge in [0, 0.05) is 51.8 Å². The molecule has 0 aliphatic carbocycles. The number of anilines is 1. The van der Waals surface area contributed by atoms with Gasteiger partial charge >= 0.3 is 0 Å². The van der Waals surface area contributed by atoms with Crippen molar-refractivity contribution in [2.45, 2.75) is 6.42 Å². The highest BCUT2D eigenvalue weighted by molar-refractivity contribution is 5.80. The van der Waals surface area contributed by atoms with Crippen molar-refractivity contribution >= 4 is 11.6 Å². The Hall–Kier alpha value is -3.55. The van der Waals surface area contributed by atoms with Crippen LogP contribution in [0.15, 0.2) is 64.2 Å². The van der Waals surface area contributed by atoms with Crippen molar-refractivity contribution in [3.63, 3.8) is 0 Å². The summed E-state index contributed by atoms with van der Waals surface area (Å²) < 4.78 is 18.6. The lowest BCUT2D eigenvalue weighted by Crippen LogP contribution is -2.52. The number of aromatic hydroxyl groups is 1. The second-order valence-corrected chi connectivity index (χ2v) is 7.34. The second kappa shape index (κ2) is 9.51. The number of hydrogen-bond donors (Lipinski definition) is 2. The van der Waals surface area contributed by atoms with Gasteiger partial charge in [0.05, 0.1) is 11.4 Å². The number of rotatable bonds is 5. The van der Waals surface area contributed by atoms with E-state index in [1.54, 1.807) is 31.5 Å². The molecule has 162 valence electrons. The average molecular weight is 423 g/mol. The van der Waals surface area contributed by atoms with E-state index in [4.69, 9.17) is 4.42 Å². The van der Waals surface area contributed by atoms with Crippen molar-refractivity contribution < 1.29 is 13.9 Å². The molecule has 0 amide bonds. The molecule has 0 radical (unpaired) electrons. The third-order valence-corrected chi connectivity index (χ3v) is 5.32. The summed E-state index contributed by atoms with van der Waals surface area (Å²) >= 11 is 0. The van der Waals surface area contributed by atoms with E-state index in [-0.39, 0.29) is 5.82 Å². The number of benzene rings is 2. The van der Waals surface area contributed by atoms with Crippen molar-refractivity contribution in [2.24, 2.45) is 4.99 Å². The predicted octanol–water partition coefficient (Wildman–Crippen LogP) is 3.13. The topological polar surface area (TPSA) is 77.1 Å². The maximum atomic E-state index is 13.1. The number of halogens is 1. The van der Waals surface area contributed by atoms with Gasteiger partial charge in [-0.05, 0) is 36.4 Å². The monoisotopic (exact) mass is 423 g/mol. The Morgan fingerprint density at radius 2 is 1.87 bits per heavy atom. The fourth-order valence-corrected chi connectivity index (χ4v) is 3.67. The Morgan fingerprint density at radius 3 is 2.58 bits per heavy atom. The summed E-state index contributed by atoms with van der Waals surface area (Å²) in [5.74, 6) is 1.36. The van der Waals surface area contributed by atoms with E-state index in [1.165, 1.54) is 12.1 Å². The molecule has 2 aromatic carbocycles. The van der Waals surface area contributed by atoms with Crippen molar-refractivity contribution in [2.75, 3.05) is 44.7 Å². The molecule has 31 heavy (non-hydrogen) atoms. The highest BCUT2D eigenvalue weighted by atomic mass is 19.1. The molecule has 2 N–H and O–H groups in total. The summed E-state index contributed by atoms with van der Waals surface area (Å²) in [5, 5.41) is 13.5. The van der Waals surface area contributed by atoms with Crippen LogP contribution in [0.5, 0.6) is 5.75 Å². The minimum absolute atomic E-state index is 0.285. The van der Waals surface area contributed by atoms with Gasteiger partial charge in [0.25, 0.3) is 0 Å². The molecule has 0 atom stereocenters. The van der Waals surface area contributed by atoms with Crippen LogP contribution in [-0.2, 0) is 6.42 Å². The van der Waals surface area contributed by atoms with Gasteiger partial charge in [0.2, 0.25) is 5.89 Å². The van der Waals surface area contributed by atoms with Crippen LogP contribution in [0.2, 0.25) is 0 Å². The minimum Gasteiger partial charge on any atom is -0.506 e. The van der Waals surface area contributed by atoms with Crippen LogP contribution in [-0.4, -0.2) is 60.7 Å². The molecule has 1 aromatic heterocycles. The van der Waals surface area contributed by atoms with Crippen molar-refractivity contribution in [3.05, 3.63) is 66.3 Å². The summed E-state index contributed by atoms with van der Waals surface area (Å²) in [6.45, 7) is 3.91. The molecule has 0 unspecified atom stereocenters. The maximum absolute atomic E-state index is 13.1. The Kier molecular flexibility index (Phi) is 6.35. The molecule has 0 spiro atoms. The van der Waals surface area contributed by atoms with Crippen molar-refractivity contribution in [1.82, 2.24) is 15.2 Å². The third kappa shape index (κ3) is 4.96. The summed E-state index contributed by atoms with van der Waals surface area (Å²) in [6, 6.07) is 13.5. The summed E-state index contributed by atoms with van der Waals surface area (Å²) in [6.07, 6.45) is 2.32. The molecule has 1 saturated heterocycles. The number of hydrogen-bond acceptors (Lipinski definition) is 5. The molecule has 0 saturated carbocycles. The number of phenolic OH excluding ortho intramolecular Hbond substituents is 1. The van der Waals surface area contributed by atoms with Crippen LogP contribution in [0.3, 0.4) is 0 Å². The van der Waals surface area contributed by atoms with Crippen LogP contribution >= 0.6 is 0 Å². The Balaban J connectivity index is 1.27. The largest absolute Gasteiger partial charge is 0.506 e. The maximum Gasteiger partial charge on any atom is 0.226 e. The molecular formula is C23H26FN5O2. The molecule has 4 rings (SSSR count). The van der Waals surface area contributed by atoms with Gasteiger partial charge in [0.15, 0.2) is 5.96 Å². The highest BCUT2D eigenvalue weighted by Gasteiger charge is 2.21. The SMILES string of the molecule is CN=C(NCCc1coc(-c2ccc(F)cc2)n1)N1CCN(c2ccccc2O)CC1. The van der Waals surface area contributed by atoms with Crippen LogP contribution < -0.4 is 10.2 Å². The van der Waals surface area contributed by atoms with Crippen molar-refractivity contribution in [3.8, 4) is 17.2 Å². The zero-order valence-corrected chi connectivity index (χ0v) is 17.5. The van der Waals surface area contributed by atoms with Crippen LogP contribution in [0.4, 0.5) is 10.1 Å². The quantitative estimate of drug-likeness (QED) is 0.485. The predicted molar refractivity (Wildman–Crippen MR) is 119 cm³/mol. The van der Waals surface area contributed by atoms with E-state index >= 15 is 0 Å².